The molecule has 0 spiro atoms. The van der Waals surface area contributed by atoms with Gasteiger partial charge < -0.3 is 5.41 Å². The molecule has 0 bridgehead atoms. The molecule has 96 valence electrons. The second-order valence-corrected chi connectivity index (χ2v) is 4.62. The van der Waals surface area contributed by atoms with Gasteiger partial charge in [-0.2, -0.15) is 13.2 Å². The van der Waals surface area contributed by atoms with E-state index in [9.17, 15) is 13.2 Å². The first-order valence-corrected chi connectivity index (χ1v) is 5.84. The third-order valence-corrected chi connectivity index (χ3v) is 3.24. The molecule has 2 aromatic rings. The minimum absolute atomic E-state index is 0.471. The Labute approximate surface area is 107 Å². The van der Waals surface area contributed by atoms with Crippen molar-refractivity contribution < 1.29 is 13.2 Å². The van der Waals surface area contributed by atoms with Crippen LogP contribution in [0.5, 0.6) is 0 Å². The molecule has 19 heavy (non-hydrogen) atoms. The van der Waals surface area contributed by atoms with Gasteiger partial charge in [0, 0.05) is 12.1 Å². The van der Waals surface area contributed by atoms with Crippen LogP contribution in [-0.2, 0) is 6.18 Å². The maximum absolute atomic E-state index is 12.7. The first kappa shape index (κ1) is 12.0. The van der Waals surface area contributed by atoms with Gasteiger partial charge in [-0.3, -0.25) is 0 Å². The third-order valence-electron chi connectivity index (χ3n) is 3.24. The molecule has 0 saturated carbocycles. The number of hydrogen-bond donors (Lipinski definition) is 1. The highest BCUT2D eigenvalue weighted by Gasteiger charge is 2.30. The van der Waals surface area contributed by atoms with Crippen molar-refractivity contribution in [2.75, 3.05) is 0 Å². The van der Waals surface area contributed by atoms with Gasteiger partial charge in [0.15, 0.2) is 0 Å². The Bertz CT molecular complexity index is 800. The average Bonchev–Trinajstić information content (AvgIpc) is 2.34. The summed E-state index contributed by atoms with van der Waals surface area (Å²) in [7, 11) is 0. The van der Waals surface area contributed by atoms with E-state index in [0.29, 0.717) is 17.5 Å². The summed E-state index contributed by atoms with van der Waals surface area (Å²) >= 11 is 0. The summed E-state index contributed by atoms with van der Waals surface area (Å²) in [6, 6.07) is 7.33. The molecule has 0 heterocycles. The van der Waals surface area contributed by atoms with Gasteiger partial charge in [-0.15, -0.1) is 0 Å². The van der Waals surface area contributed by atoms with Crippen molar-refractivity contribution in [2.45, 2.75) is 12.6 Å². The molecule has 1 aliphatic carbocycles. The molecule has 0 saturated heterocycles. The Morgan fingerprint density at radius 1 is 0.947 bits per heavy atom. The SMILES string of the molecule is N=C1C=c2cc3cc(C(F)(F)F)ccc3cc2=CC1. The molecule has 0 aliphatic heterocycles. The summed E-state index contributed by atoms with van der Waals surface area (Å²) < 4.78 is 38.0. The Balaban J connectivity index is 2.31. The minimum atomic E-state index is -4.33. The number of fused-ring (bicyclic) bond motifs is 2. The maximum atomic E-state index is 12.7. The number of halogens is 3. The van der Waals surface area contributed by atoms with Crippen LogP contribution in [0, 0.1) is 5.41 Å². The molecular formula is C15H10F3N. The van der Waals surface area contributed by atoms with Gasteiger partial charge in [0.2, 0.25) is 0 Å². The van der Waals surface area contributed by atoms with E-state index in [2.05, 4.69) is 0 Å². The fraction of sp³-hybridized carbons (Fsp3) is 0.133. The van der Waals surface area contributed by atoms with Crippen LogP contribution in [0.15, 0.2) is 30.3 Å². The highest BCUT2D eigenvalue weighted by Crippen LogP contribution is 2.30. The Hall–Kier alpha value is -2.10. The fourth-order valence-electron chi connectivity index (χ4n) is 2.28. The monoisotopic (exact) mass is 261 g/mol. The van der Waals surface area contributed by atoms with Crippen LogP contribution < -0.4 is 10.4 Å². The molecular weight excluding hydrogens is 251 g/mol. The molecule has 0 radical (unpaired) electrons. The van der Waals surface area contributed by atoms with Crippen LogP contribution in [0.3, 0.4) is 0 Å². The van der Waals surface area contributed by atoms with E-state index in [4.69, 9.17) is 5.41 Å². The van der Waals surface area contributed by atoms with Crippen molar-refractivity contribution in [3.05, 3.63) is 46.3 Å². The summed E-state index contributed by atoms with van der Waals surface area (Å²) in [4.78, 5) is 0. The van der Waals surface area contributed by atoms with Crippen molar-refractivity contribution in [1.82, 2.24) is 0 Å². The average molecular weight is 261 g/mol. The first-order chi connectivity index (χ1) is 8.93. The topological polar surface area (TPSA) is 23.9 Å². The van der Waals surface area contributed by atoms with E-state index < -0.39 is 11.7 Å². The van der Waals surface area contributed by atoms with Gasteiger partial charge >= 0.3 is 6.18 Å². The van der Waals surface area contributed by atoms with Crippen molar-refractivity contribution in [1.29, 1.82) is 5.41 Å². The zero-order valence-corrected chi connectivity index (χ0v) is 9.88. The van der Waals surface area contributed by atoms with Crippen LogP contribution in [0.4, 0.5) is 13.2 Å². The molecule has 2 aromatic carbocycles. The lowest BCUT2D eigenvalue weighted by Crippen LogP contribution is -2.28. The predicted molar refractivity (Wildman–Crippen MR) is 69.5 cm³/mol. The van der Waals surface area contributed by atoms with Crippen molar-refractivity contribution in [3.8, 4) is 0 Å². The standard InChI is InChI=1S/C15H10F3N/c16-15(17,18)13-3-1-9-5-10-2-4-14(19)8-12(10)6-11(9)7-13/h1-3,5-8,19H,4H2. The molecule has 0 fully saturated rings. The van der Waals surface area contributed by atoms with Crippen molar-refractivity contribution in [2.24, 2.45) is 0 Å². The summed E-state index contributed by atoms with van der Waals surface area (Å²) in [6.07, 6.45) is -0.129. The van der Waals surface area contributed by atoms with Gasteiger partial charge in [0.05, 0.1) is 5.56 Å². The number of benzene rings is 2. The lowest BCUT2D eigenvalue weighted by Gasteiger charge is -2.09. The summed E-state index contributed by atoms with van der Waals surface area (Å²) in [6.45, 7) is 0. The highest BCUT2D eigenvalue weighted by molar-refractivity contribution is 6.11. The van der Waals surface area contributed by atoms with Gasteiger partial charge in [-0.1, -0.05) is 12.1 Å². The molecule has 0 unspecified atom stereocenters. The Morgan fingerprint density at radius 3 is 2.42 bits per heavy atom. The van der Waals surface area contributed by atoms with Crippen LogP contribution in [0.1, 0.15) is 12.0 Å². The molecule has 1 aliphatic rings. The van der Waals surface area contributed by atoms with Crippen LogP contribution in [-0.4, -0.2) is 5.71 Å². The second-order valence-electron chi connectivity index (χ2n) is 4.62. The molecule has 0 amide bonds. The van der Waals surface area contributed by atoms with Gasteiger partial charge in [0.25, 0.3) is 0 Å². The number of alkyl halides is 3. The summed E-state index contributed by atoms with van der Waals surface area (Å²) in [5, 5.41) is 10.7. The predicted octanol–water partition coefficient (Wildman–Crippen LogP) is 2.84. The fourth-order valence-corrected chi connectivity index (χ4v) is 2.28. The van der Waals surface area contributed by atoms with Crippen LogP contribution >= 0.6 is 0 Å². The van der Waals surface area contributed by atoms with E-state index in [1.54, 1.807) is 12.1 Å². The van der Waals surface area contributed by atoms with E-state index >= 15 is 0 Å². The third kappa shape index (κ3) is 2.14. The molecule has 0 atom stereocenters. The summed E-state index contributed by atoms with van der Waals surface area (Å²) in [5.74, 6) is 0. The quantitative estimate of drug-likeness (QED) is 0.754. The second kappa shape index (κ2) is 3.95. The zero-order chi connectivity index (χ0) is 13.6. The highest BCUT2D eigenvalue weighted by atomic mass is 19.4. The van der Waals surface area contributed by atoms with E-state index in [0.717, 1.165) is 28.0 Å². The number of rotatable bonds is 0. The first-order valence-electron chi connectivity index (χ1n) is 5.84. The maximum Gasteiger partial charge on any atom is 0.416 e. The van der Waals surface area contributed by atoms with Crippen LogP contribution in [0.2, 0.25) is 0 Å². The normalized spacial score (nSPS) is 14.8. The minimum Gasteiger partial charge on any atom is -0.305 e. The van der Waals surface area contributed by atoms with Crippen molar-refractivity contribution >= 4 is 28.6 Å². The van der Waals surface area contributed by atoms with Gasteiger partial charge in [-0.25, -0.2) is 0 Å². The van der Waals surface area contributed by atoms with E-state index in [1.165, 1.54) is 6.07 Å². The van der Waals surface area contributed by atoms with E-state index in [-0.39, 0.29) is 0 Å². The molecule has 3 rings (SSSR count). The smallest absolute Gasteiger partial charge is 0.305 e. The van der Waals surface area contributed by atoms with Gasteiger partial charge in [0.1, 0.15) is 0 Å². The Kier molecular flexibility index (Phi) is 2.49. The largest absolute Gasteiger partial charge is 0.416 e. The number of hydrogen-bond acceptors (Lipinski definition) is 1. The lowest BCUT2D eigenvalue weighted by atomic mass is 10.0. The zero-order valence-electron chi connectivity index (χ0n) is 9.88. The molecule has 1 N–H and O–H groups in total. The number of nitrogens with one attached hydrogen (secondary N) is 1. The van der Waals surface area contributed by atoms with Crippen LogP contribution in [0.25, 0.3) is 22.9 Å². The van der Waals surface area contributed by atoms with Crippen molar-refractivity contribution in [3.63, 3.8) is 0 Å². The molecule has 4 heteroatoms. The Morgan fingerprint density at radius 2 is 1.68 bits per heavy atom. The van der Waals surface area contributed by atoms with Gasteiger partial charge in [-0.05, 0) is 51.6 Å². The van der Waals surface area contributed by atoms with E-state index in [1.807, 2.05) is 12.1 Å². The summed E-state index contributed by atoms with van der Waals surface area (Å²) in [5.41, 5.74) is -0.173. The molecule has 0 aromatic heterocycles. The molecule has 1 nitrogen and oxygen atoms in total. The lowest BCUT2D eigenvalue weighted by molar-refractivity contribution is -0.137.